The molecule has 0 aliphatic carbocycles. The number of benzene rings is 1. The molecule has 1 fully saturated rings. The van der Waals surface area contributed by atoms with Crippen LogP contribution in [0.1, 0.15) is 11.6 Å². The van der Waals surface area contributed by atoms with E-state index in [0.717, 1.165) is 29.7 Å². The van der Waals surface area contributed by atoms with Gasteiger partial charge in [-0.25, -0.2) is 9.97 Å². The molecule has 0 spiro atoms. The number of hydrogen-bond donors (Lipinski definition) is 0. The van der Waals surface area contributed by atoms with Crippen molar-refractivity contribution < 1.29 is 4.74 Å². The monoisotopic (exact) mass is 276 g/mol. The van der Waals surface area contributed by atoms with Gasteiger partial charge in [-0.2, -0.15) is 5.26 Å². The largest absolute Gasteiger partial charge is 0.377 e. The van der Waals surface area contributed by atoms with Gasteiger partial charge < -0.3 is 9.30 Å². The van der Waals surface area contributed by atoms with Crippen LogP contribution in [0.25, 0.3) is 22.3 Å². The summed E-state index contributed by atoms with van der Waals surface area (Å²) in [5.41, 5.74) is 2.62. The molecule has 0 unspecified atom stereocenters. The van der Waals surface area contributed by atoms with Crippen LogP contribution in [0.5, 0.6) is 0 Å². The van der Waals surface area contributed by atoms with Crippen LogP contribution in [0.15, 0.2) is 42.9 Å². The maximum Gasteiger partial charge on any atom is 0.161 e. The van der Waals surface area contributed by atoms with Gasteiger partial charge in [0.2, 0.25) is 0 Å². The average molecular weight is 276 g/mol. The standard InChI is InChI=1S/C16H12N4O/c17-5-11-6-18-16(19-7-11)14-8-20(12-9-21-10-12)15-4-2-1-3-13(14)15/h1-4,6-8,12H,9-10H2. The van der Waals surface area contributed by atoms with Crippen LogP contribution in [-0.4, -0.2) is 27.7 Å². The highest BCUT2D eigenvalue weighted by molar-refractivity contribution is 5.94. The van der Waals surface area contributed by atoms with Crippen LogP contribution < -0.4 is 0 Å². The lowest BCUT2D eigenvalue weighted by molar-refractivity contribution is -0.0213. The van der Waals surface area contributed by atoms with Crippen molar-refractivity contribution in [1.82, 2.24) is 14.5 Å². The van der Waals surface area contributed by atoms with E-state index in [9.17, 15) is 0 Å². The second kappa shape index (κ2) is 4.69. The molecule has 5 nitrogen and oxygen atoms in total. The molecule has 3 aromatic rings. The van der Waals surface area contributed by atoms with Crippen molar-refractivity contribution in [3.63, 3.8) is 0 Å². The zero-order valence-electron chi connectivity index (χ0n) is 11.2. The SMILES string of the molecule is N#Cc1cnc(-c2cn(C3COC3)c3ccccc23)nc1. The zero-order valence-corrected chi connectivity index (χ0v) is 11.2. The van der Waals surface area contributed by atoms with Crippen LogP contribution in [0.3, 0.4) is 0 Å². The molecule has 2 aromatic heterocycles. The fourth-order valence-electron chi connectivity index (χ4n) is 2.59. The van der Waals surface area contributed by atoms with Crippen molar-refractivity contribution in [3.8, 4) is 17.5 Å². The van der Waals surface area contributed by atoms with Gasteiger partial charge in [0.25, 0.3) is 0 Å². The Morgan fingerprint density at radius 3 is 2.62 bits per heavy atom. The molecule has 1 aromatic carbocycles. The summed E-state index contributed by atoms with van der Waals surface area (Å²) < 4.78 is 7.53. The van der Waals surface area contributed by atoms with Crippen molar-refractivity contribution in [2.75, 3.05) is 13.2 Å². The first-order valence-electron chi connectivity index (χ1n) is 6.76. The lowest BCUT2D eigenvalue weighted by Gasteiger charge is -2.28. The fourth-order valence-corrected chi connectivity index (χ4v) is 2.59. The van der Waals surface area contributed by atoms with E-state index in [-0.39, 0.29) is 0 Å². The maximum absolute atomic E-state index is 8.84. The van der Waals surface area contributed by atoms with Crippen LogP contribution in [0, 0.1) is 11.3 Å². The van der Waals surface area contributed by atoms with Crippen LogP contribution in [-0.2, 0) is 4.74 Å². The molecule has 0 radical (unpaired) electrons. The van der Waals surface area contributed by atoms with E-state index in [1.165, 1.54) is 0 Å². The molecule has 21 heavy (non-hydrogen) atoms. The minimum atomic E-state index is 0.377. The third-order valence-corrected chi connectivity index (χ3v) is 3.78. The quantitative estimate of drug-likeness (QED) is 0.721. The van der Waals surface area contributed by atoms with Gasteiger partial charge >= 0.3 is 0 Å². The summed E-state index contributed by atoms with van der Waals surface area (Å²) in [7, 11) is 0. The summed E-state index contributed by atoms with van der Waals surface area (Å²) in [6.45, 7) is 1.48. The number of rotatable bonds is 2. The molecule has 1 aliphatic rings. The molecule has 0 saturated carbocycles. The number of nitriles is 1. The van der Waals surface area contributed by atoms with Crippen LogP contribution >= 0.6 is 0 Å². The normalized spacial score (nSPS) is 14.8. The average Bonchev–Trinajstić information content (AvgIpc) is 2.85. The third-order valence-electron chi connectivity index (χ3n) is 3.78. The van der Waals surface area contributed by atoms with E-state index in [0.29, 0.717) is 17.4 Å². The summed E-state index contributed by atoms with van der Waals surface area (Å²) in [6, 6.07) is 10.6. The van der Waals surface area contributed by atoms with Gasteiger partial charge in [0.1, 0.15) is 6.07 Å². The van der Waals surface area contributed by atoms with Crippen molar-refractivity contribution >= 4 is 10.9 Å². The molecule has 1 saturated heterocycles. The lowest BCUT2D eigenvalue weighted by Crippen LogP contribution is -2.29. The summed E-state index contributed by atoms with van der Waals surface area (Å²) in [5, 5.41) is 9.96. The molecule has 0 N–H and O–H groups in total. The molecular formula is C16H12N4O. The molecule has 102 valence electrons. The Morgan fingerprint density at radius 2 is 1.95 bits per heavy atom. The highest BCUT2D eigenvalue weighted by Gasteiger charge is 2.23. The Morgan fingerprint density at radius 1 is 1.19 bits per heavy atom. The summed E-state index contributed by atoms with van der Waals surface area (Å²) in [4.78, 5) is 8.62. The fraction of sp³-hybridized carbons (Fsp3) is 0.188. The van der Waals surface area contributed by atoms with E-state index >= 15 is 0 Å². The summed E-state index contributed by atoms with van der Waals surface area (Å²) >= 11 is 0. The number of fused-ring (bicyclic) bond motifs is 1. The molecule has 0 atom stereocenters. The molecule has 4 rings (SSSR count). The number of aromatic nitrogens is 3. The van der Waals surface area contributed by atoms with Crippen molar-refractivity contribution in [2.45, 2.75) is 6.04 Å². The molecule has 5 heteroatoms. The van der Waals surface area contributed by atoms with Gasteiger partial charge in [-0.15, -0.1) is 0 Å². The van der Waals surface area contributed by atoms with E-state index in [4.69, 9.17) is 10.00 Å². The predicted molar refractivity (Wildman–Crippen MR) is 77.5 cm³/mol. The van der Waals surface area contributed by atoms with Crippen LogP contribution in [0.4, 0.5) is 0 Å². The second-order valence-electron chi connectivity index (χ2n) is 5.07. The Kier molecular flexibility index (Phi) is 2.69. The smallest absolute Gasteiger partial charge is 0.161 e. The maximum atomic E-state index is 8.84. The second-order valence-corrected chi connectivity index (χ2v) is 5.07. The third kappa shape index (κ3) is 1.89. The first-order valence-corrected chi connectivity index (χ1v) is 6.76. The number of ether oxygens (including phenoxy) is 1. The first kappa shape index (κ1) is 12.1. The number of hydrogen-bond acceptors (Lipinski definition) is 4. The molecular weight excluding hydrogens is 264 g/mol. The van der Waals surface area contributed by atoms with Gasteiger partial charge in [0.15, 0.2) is 5.82 Å². The minimum Gasteiger partial charge on any atom is -0.377 e. The molecule has 3 heterocycles. The molecule has 0 amide bonds. The summed E-state index contributed by atoms with van der Waals surface area (Å²) in [6.07, 6.45) is 5.20. The Labute approximate surface area is 121 Å². The van der Waals surface area contributed by atoms with Gasteiger partial charge in [0, 0.05) is 35.1 Å². The van der Waals surface area contributed by atoms with Crippen molar-refractivity contribution in [3.05, 3.63) is 48.4 Å². The number of para-hydroxylation sites is 1. The lowest BCUT2D eigenvalue weighted by atomic mass is 10.1. The van der Waals surface area contributed by atoms with Gasteiger partial charge in [0.05, 0.1) is 24.8 Å². The highest BCUT2D eigenvalue weighted by Crippen LogP contribution is 2.32. The van der Waals surface area contributed by atoms with E-state index in [1.807, 2.05) is 18.2 Å². The Balaban J connectivity index is 1.89. The highest BCUT2D eigenvalue weighted by atomic mass is 16.5. The molecule has 0 bridgehead atoms. The van der Waals surface area contributed by atoms with Gasteiger partial charge in [-0.05, 0) is 6.07 Å². The van der Waals surface area contributed by atoms with E-state index < -0.39 is 0 Å². The van der Waals surface area contributed by atoms with Crippen LogP contribution in [0.2, 0.25) is 0 Å². The first-order chi connectivity index (χ1) is 10.4. The zero-order chi connectivity index (χ0) is 14.2. The predicted octanol–water partition coefficient (Wildman–Crippen LogP) is 2.54. The van der Waals surface area contributed by atoms with Gasteiger partial charge in [-0.1, -0.05) is 18.2 Å². The summed E-state index contributed by atoms with van der Waals surface area (Å²) in [5.74, 6) is 0.643. The molecule has 1 aliphatic heterocycles. The number of nitrogens with zero attached hydrogens (tertiary/aromatic N) is 4. The van der Waals surface area contributed by atoms with E-state index in [2.05, 4.69) is 32.9 Å². The van der Waals surface area contributed by atoms with E-state index in [1.54, 1.807) is 12.4 Å². The van der Waals surface area contributed by atoms with Gasteiger partial charge in [-0.3, -0.25) is 0 Å². The minimum absolute atomic E-state index is 0.377. The topological polar surface area (TPSA) is 63.7 Å². The Bertz CT molecular complexity index is 841. The van der Waals surface area contributed by atoms with Crippen molar-refractivity contribution in [1.29, 1.82) is 5.26 Å². The van der Waals surface area contributed by atoms with Crippen molar-refractivity contribution in [2.24, 2.45) is 0 Å². The Hall–Kier alpha value is -2.71.